The minimum Gasteiger partial charge on any atom is -0.466 e. The van der Waals surface area contributed by atoms with Gasteiger partial charge in [-0.3, -0.25) is 4.90 Å². The van der Waals surface area contributed by atoms with E-state index >= 15 is 0 Å². The largest absolute Gasteiger partial charge is 0.466 e. The van der Waals surface area contributed by atoms with Crippen LogP contribution >= 0.6 is 0 Å². The Morgan fingerprint density at radius 2 is 1.55 bits per heavy atom. The molecule has 2 aromatic carbocycles. The second kappa shape index (κ2) is 11.0. The van der Waals surface area contributed by atoms with E-state index in [1.807, 2.05) is 12.1 Å². The number of allylic oxidation sites excluding steroid dienone is 1. The zero-order valence-corrected chi connectivity index (χ0v) is 21.9. The molecule has 0 fully saturated rings. The van der Waals surface area contributed by atoms with Gasteiger partial charge in [0.1, 0.15) is 0 Å². The molecule has 1 unspecified atom stereocenters. The molecule has 4 rings (SSSR count). The van der Waals surface area contributed by atoms with Crippen LogP contribution < -0.4 is 0 Å². The number of carbonyl (C=O) groups excluding carboxylic acids is 2. The summed E-state index contributed by atoms with van der Waals surface area (Å²) >= 11 is 0. The number of hydrogen-bond donors (Lipinski definition) is 0. The van der Waals surface area contributed by atoms with Crippen LogP contribution in [-0.2, 0) is 38.2 Å². The SMILES string of the molecule is COC(=O)C1=C(C)N(C)C(CCN2CCc3ccccc3C2)=C(C(=O)OC)C1c1ccc(C(F)(F)F)cc1. The molecular formula is C29H31F3N2O4. The third-order valence-corrected chi connectivity index (χ3v) is 7.44. The van der Waals surface area contributed by atoms with E-state index in [1.165, 1.54) is 37.5 Å². The minimum absolute atomic E-state index is 0.186. The Morgan fingerprint density at radius 3 is 2.16 bits per heavy atom. The fourth-order valence-electron chi connectivity index (χ4n) is 5.31. The highest BCUT2D eigenvalue weighted by Crippen LogP contribution is 2.44. The number of methoxy groups -OCH3 is 2. The van der Waals surface area contributed by atoms with E-state index in [-0.39, 0.29) is 11.1 Å². The van der Waals surface area contributed by atoms with Crippen LogP contribution in [0.15, 0.2) is 71.1 Å². The molecule has 9 heteroatoms. The van der Waals surface area contributed by atoms with Crippen molar-refractivity contribution in [2.75, 3.05) is 34.4 Å². The van der Waals surface area contributed by atoms with Crippen LogP contribution in [-0.4, -0.2) is 56.1 Å². The quantitative estimate of drug-likeness (QED) is 0.489. The Labute approximate surface area is 220 Å². The molecule has 0 aromatic heterocycles. The Hall–Kier alpha value is -3.59. The summed E-state index contributed by atoms with van der Waals surface area (Å²) in [5.41, 5.74) is 3.78. The molecule has 0 spiro atoms. The fourth-order valence-corrected chi connectivity index (χ4v) is 5.31. The van der Waals surface area contributed by atoms with Crippen LogP contribution in [0.25, 0.3) is 0 Å². The minimum atomic E-state index is -4.51. The zero-order valence-electron chi connectivity index (χ0n) is 21.9. The smallest absolute Gasteiger partial charge is 0.416 e. The summed E-state index contributed by atoms with van der Waals surface area (Å²) in [4.78, 5) is 30.3. The first-order valence-electron chi connectivity index (χ1n) is 12.4. The van der Waals surface area contributed by atoms with Gasteiger partial charge in [-0.25, -0.2) is 9.59 Å². The van der Waals surface area contributed by atoms with Crippen molar-refractivity contribution in [1.29, 1.82) is 0 Å². The van der Waals surface area contributed by atoms with Gasteiger partial charge in [-0.05, 0) is 42.2 Å². The van der Waals surface area contributed by atoms with Gasteiger partial charge in [0.25, 0.3) is 0 Å². The van der Waals surface area contributed by atoms with Gasteiger partial charge < -0.3 is 14.4 Å². The van der Waals surface area contributed by atoms with Crippen molar-refractivity contribution in [3.05, 3.63) is 93.3 Å². The number of carbonyl (C=O) groups is 2. The van der Waals surface area contributed by atoms with E-state index in [9.17, 15) is 22.8 Å². The summed E-state index contributed by atoms with van der Waals surface area (Å²) in [6, 6.07) is 12.8. The number of benzene rings is 2. The third kappa shape index (κ3) is 5.34. The average molecular weight is 529 g/mol. The van der Waals surface area contributed by atoms with E-state index in [0.29, 0.717) is 29.9 Å². The van der Waals surface area contributed by atoms with Crippen molar-refractivity contribution in [2.45, 2.75) is 38.4 Å². The molecule has 1 atom stereocenters. The maximum absolute atomic E-state index is 13.2. The van der Waals surface area contributed by atoms with E-state index in [1.54, 1.807) is 18.9 Å². The lowest BCUT2D eigenvalue weighted by atomic mass is 9.79. The molecule has 2 heterocycles. The van der Waals surface area contributed by atoms with Crippen LogP contribution in [0.4, 0.5) is 13.2 Å². The van der Waals surface area contributed by atoms with Crippen molar-refractivity contribution in [1.82, 2.24) is 9.80 Å². The maximum atomic E-state index is 13.2. The predicted molar refractivity (Wildman–Crippen MR) is 136 cm³/mol. The predicted octanol–water partition coefficient (Wildman–Crippen LogP) is 5.06. The highest BCUT2D eigenvalue weighted by molar-refractivity contribution is 5.99. The molecule has 0 saturated carbocycles. The maximum Gasteiger partial charge on any atom is 0.416 e. The average Bonchev–Trinajstić information content (AvgIpc) is 2.92. The lowest BCUT2D eigenvalue weighted by Crippen LogP contribution is -2.37. The number of halogens is 3. The Bertz CT molecular complexity index is 1280. The first-order chi connectivity index (χ1) is 18.1. The molecule has 0 radical (unpaired) electrons. The van der Waals surface area contributed by atoms with Crippen molar-refractivity contribution in [2.24, 2.45) is 0 Å². The second-order valence-corrected chi connectivity index (χ2v) is 9.50. The van der Waals surface area contributed by atoms with Gasteiger partial charge in [0.05, 0.1) is 36.8 Å². The first-order valence-corrected chi connectivity index (χ1v) is 12.4. The normalized spacial score (nSPS) is 18.4. The molecule has 0 bridgehead atoms. The summed E-state index contributed by atoms with van der Waals surface area (Å²) in [6.07, 6.45) is -3.11. The zero-order chi connectivity index (χ0) is 27.6. The topological polar surface area (TPSA) is 59.1 Å². The number of hydrogen-bond acceptors (Lipinski definition) is 6. The number of fused-ring (bicyclic) bond motifs is 1. The van der Waals surface area contributed by atoms with E-state index in [0.717, 1.165) is 31.6 Å². The highest BCUT2D eigenvalue weighted by Gasteiger charge is 2.41. The third-order valence-electron chi connectivity index (χ3n) is 7.44. The molecule has 2 aliphatic heterocycles. The van der Waals surface area contributed by atoms with Gasteiger partial charge in [-0.2, -0.15) is 13.2 Å². The molecule has 0 saturated heterocycles. The first kappa shape index (κ1) is 27.4. The van der Waals surface area contributed by atoms with E-state index < -0.39 is 29.6 Å². The summed E-state index contributed by atoms with van der Waals surface area (Å²) in [6.45, 7) is 4.04. The van der Waals surface area contributed by atoms with Crippen LogP contribution in [0.1, 0.15) is 41.5 Å². The van der Waals surface area contributed by atoms with Crippen LogP contribution in [0, 0.1) is 0 Å². The van der Waals surface area contributed by atoms with Crippen molar-refractivity contribution < 1.29 is 32.2 Å². The number of rotatable bonds is 6. The standard InChI is InChI=1S/C29H31F3N2O4/c1-18-24(27(35)37-3)25(20-9-11-22(12-10-20)29(30,31)32)26(28(36)38-4)23(33(18)2)14-16-34-15-13-19-7-5-6-8-21(19)17-34/h5-12,25H,13-17H2,1-4H3. The van der Waals surface area contributed by atoms with Crippen LogP contribution in [0.5, 0.6) is 0 Å². The van der Waals surface area contributed by atoms with E-state index in [2.05, 4.69) is 17.0 Å². The lowest BCUT2D eigenvalue weighted by Gasteiger charge is -2.38. The molecule has 2 aliphatic rings. The second-order valence-electron chi connectivity index (χ2n) is 9.50. The monoisotopic (exact) mass is 528 g/mol. The molecule has 0 N–H and O–H groups in total. The van der Waals surface area contributed by atoms with Crippen molar-refractivity contribution >= 4 is 11.9 Å². The molecule has 2 aromatic rings. The van der Waals surface area contributed by atoms with Crippen molar-refractivity contribution in [3.63, 3.8) is 0 Å². The van der Waals surface area contributed by atoms with Gasteiger partial charge in [-0.1, -0.05) is 36.4 Å². The van der Waals surface area contributed by atoms with Gasteiger partial charge in [-0.15, -0.1) is 0 Å². The number of nitrogens with zero attached hydrogens (tertiary/aromatic N) is 2. The fraction of sp³-hybridized carbons (Fsp3) is 0.379. The van der Waals surface area contributed by atoms with Crippen LogP contribution in [0.2, 0.25) is 0 Å². The number of esters is 2. The summed E-state index contributed by atoms with van der Waals surface area (Å²) < 4.78 is 49.9. The molecule has 202 valence electrons. The Kier molecular flexibility index (Phi) is 7.97. The van der Waals surface area contributed by atoms with Gasteiger partial charge in [0.15, 0.2) is 0 Å². The Balaban J connectivity index is 1.75. The number of alkyl halides is 3. The van der Waals surface area contributed by atoms with Gasteiger partial charge in [0, 0.05) is 44.5 Å². The molecule has 38 heavy (non-hydrogen) atoms. The number of ether oxygens (including phenoxy) is 2. The van der Waals surface area contributed by atoms with Gasteiger partial charge in [0.2, 0.25) is 0 Å². The summed E-state index contributed by atoms with van der Waals surface area (Å²) in [5.74, 6) is -2.24. The van der Waals surface area contributed by atoms with E-state index in [4.69, 9.17) is 9.47 Å². The molecule has 0 amide bonds. The molecular weight excluding hydrogens is 497 g/mol. The Morgan fingerprint density at radius 1 is 0.947 bits per heavy atom. The van der Waals surface area contributed by atoms with Crippen molar-refractivity contribution in [3.8, 4) is 0 Å². The highest BCUT2D eigenvalue weighted by atomic mass is 19.4. The summed E-state index contributed by atoms with van der Waals surface area (Å²) in [7, 11) is 4.25. The lowest BCUT2D eigenvalue weighted by molar-refractivity contribution is -0.138. The molecule has 6 nitrogen and oxygen atoms in total. The van der Waals surface area contributed by atoms with Gasteiger partial charge >= 0.3 is 18.1 Å². The molecule has 0 aliphatic carbocycles. The van der Waals surface area contributed by atoms with Crippen LogP contribution in [0.3, 0.4) is 0 Å². The summed E-state index contributed by atoms with van der Waals surface area (Å²) in [5, 5.41) is 0.